The molecule has 3 rings (SSSR count). The molecule has 1 heterocycles. The second-order valence-electron chi connectivity index (χ2n) is 5.19. The van der Waals surface area contributed by atoms with Crippen LogP contribution in [0.25, 0.3) is 0 Å². The van der Waals surface area contributed by atoms with Crippen molar-refractivity contribution in [2.75, 3.05) is 0 Å². The van der Waals surface area contributed by atoms with Crippen LogP contribution in [-0.4, -0.2) is 5.78 Å². The molecule has 0 aliphatic heterocycles. The molecule has 1 fully saturated rings. The van der Waals surface area contributed by atoms with Crippen molar-refractivity contribution in [2.24, 2.45) is 0 Å². The molecule has 2 aromatic rings. The Hall–Kier alpha value is -1.83. The molecule has 0 amide bonds. The number of aryl methyl sites for hydroxylation is 1. The van der Waals surface area contributed by atoms with Gasteiger partial charge in [-0.05, 0) is 30.4 Å². The first-order valence-electron chi connectivity index (χ1n) is 7.00. The monoisotopic (exact) mass is 254 g/mol. The van der Waals surface area contributed by atoms with Gasteiger partial charge in [0.1, 0.15) is 5.76 Å². The molecule has 0 unspecified atom stereocenters. The van der Waals surface area contributed by atoms with E-state index in [1.54, 1.807) is 12.3 Å². The van der Waals surface area contributed by atoms with Gasteiger partial charge in [0.25, 0.3) is 0 Å². The molecule has 2 nitrogen and oxygen atoms in total. The predicted molar refractivity (Wildman–Crippen MR) is 74.6 cm³/mol. The zero-order chi connectivity index (χ0) is 13.2. The summed E-state index contributed by atoms with van der Waals surface area (Å²) in [5.41, 5.74) is 2.81. The van der Waals surface area contributed by atoms with Gasteiger partial charge in [0.15, 0.2) is 5.78 Å². The lowest BCUT2D eigenvalue weighted by Crippen LogP contribution is -2.09. The lowest BCUT2D eigenvalue weighted by atomic mass is 9.80. The molecule has 1 aliphatic carbocycles. The summed E-state index contributed by atoms with van der Waals surface area (Å²) in [5.74, 6) is 1.54. The Labute approximate surface area is 113 Å². The molecule has 1 aromatic heterocycles. The van der Waals surface area contributed by atoms with Crippen LogP contribution in [0.3, 0.4) is 0 Å². The van der Waals surface area contributed by atoms with Crippen LogP contribution >= 0.6 is 0 Å². The Bertz CT molecular complexity index is 574. The fraction of sp³-hybridized carbons (Fsp3) is 0.353. The zero-order valence-corrected chi connectivity index (χ0v) is 11.2. The fourth-order valence-corrected chi connectivity index (χ4v) is 2.62. The van der Waals surface area contributed by atoms with E-state index in [9.17, 15) is 4.79 Å². The Morgan fingerprint density at radius 2 is 1.95 bits per heavy atom. The highest BCUT2D eigenvalue weighted by atomic mass is 16.3. The third-order valence-corrected chi connectivity index (χ3v) is 4.06. The highest BCUT2D eigenvalue weighted by Crippen LogP contribution is 2.36. The third kappa shape index (κ3) is 2.23. The van der Waals surface area contributed by atoms with Crippen molar-refractivity contribution in [3.8, 4) is 0 Å². The van der Waals surface area contributed by atoms with Gasteiger partial charge in [-0.3, -0.25) is 4.79 Å². The average molecular weight is 254 g/mol. The van der Waals surface area contributed by atoms with E-state index in [2.05, 4.69) is 12.1 Å². The topological polar surface area (TPSA) is 30.2 Å². The quantitative estimate of drug-likeness (QED) is 0.760. The predicted octanol–water partition coefficient (Wildman–Crippen LogP) is 4.34. The number of hydrogen-bond acceptors (Lipinski definition) is 2. The van der Waals surface area contributed by atoms with Crippen molar-refractivity contribution < 1.29 is 9.21 Å². The summed E-state index contributed by atoms with van der Waals surface area (Å²) in [6.07, 6.45) is 6.24. The second kappa shape index (κ2) is 5.04. The molecule has 19 heavy (non-hydrogen) atoms. The smallest absolute Gasteiger partial charge is 0.196 e. The van der Waals surface area contributed by atoms with Gasteiger partial charge in [-0.25, -0.2) is 0 Å². The number of carbonyl (C=O) groups excluding carboxylic acids is 1. The zero-order valence-electron chi connectivity index (χ0n) is 11.2. The second-order valence-corrected chi connectivity index (χ2v) is 5.19. The number of rotatable bonds is 4. The Balaban J connectivity index is 1.83. The van der Waals surface area contributed by atoms with Crippen molar-refractivity contribution in [3.63, 3.8) is 0 Å². The summed E-state index contributed by atoms with van der Waals surface area (Å²) in [5, 5.41) is 0. The van der Waals surface area contributed by atoms with Crippen molar-refractivity contribution in [2.45, 2.75) is 38.5 Å². The molecule has 1 saturated carbocycles. The molecule has 0 bridgehead atoms. The van der Waals surface area contributed by atoms with Crippen LogP contribution in [0.4, 0.5) is 0 Å². The molecular formula is C17H18O2. The maximum Gasteiger partial charge on any atom is 0.196 e. The first kappa shape index (κ1) is 12.2. The lowest BCUT2D eigenvalue weighted by Gasteiger charge is -2.25. The van der Waals surface area contributed by atoms with E-state index in [0.29, 0.717) is 11.5 Å². The molecule has 0 radical (unpaired) electrons. The molecule has 1 aromatic carbocycles. The summed E-state index contributed by atoms with van der Waals surface area (Å²) < 4.78 is 5.32. The van der Waals surface area contributed by atoms with Crippen LogP contribution in [-0.2, 0) is 6.42 Å². The molecule has 0 spiro atoms. The third-order valence-electron chi connectivity index (χ3n) is 4.06. The minimum atomic E-state index is 0.0609. The maximum atomic E-state index is 12.4. The van der Waals surface area contributed by atoms with Crippen LogP contribution in [0.2, 0.25) is 0 Å². The highest BCUT2D eigenvalue weighted by Gasteiger charge is 2.20. The molecular weight excluding hydrogens is 236 g/mol. The Kier molecular flexibility index (Phi) is 3.24. The average Bonchev–Trinajstić information content (AvgIpc) is 2.85. The van der Waals surface area contributed by atoms with E-state index < -0.39 is 0 Å². The standard InChI is InChI=1S/C17H18O2/c1-2-16-15(10-11-19-16)17(18)14-8-6-13(7-9-14)12-4-3-5-12/h6-12H,2-5H2,1H3. The van der Waals surface area contributed by atoms with Gasteiger partial charge >= 0.3 is 0 Å². The molecule has 0 N–H and O–H groups in total. The molecule has 2 heteroatoms. The summed E-state index contributed by atoms with van der Waals surface area (Å²) in [7, 11) is 0. The number of carbonyl (C=O) groups is 1. The van der Waals surface area contributed by atoms with Gasteiger partial charge in [0.2, 0.25) is 0 Å². The summed E-state index contributed by atoms with van der Waals surface area (Å²) in [6, 6.07) is 9.86. The van der Waals surface area contributed by atoms with Crippen LogP contribution in [0.15, 0.2) is 41.0 Å². The number of ketones is 1. The highest BCUT2D eigenvalue weighted by molar-refractivity contribution is 6.09. The largest absolute Gasteiger partial charge is 0.469 e. The molecule has 1 aliphatic rings. The van der Waals surface area contributed by atoms with Gasteiger partial charge in [-0.1, -0.05) is 37.6 Å². The van der Waals surface area contributed by atoms with Gasteiger partial charge in [0, 0.05) is 12.0 Å². The van der Waals surface area contributed by atoms with E-state index in [0.717, 1.165) is 17.7 Å². The first-order chi connectivity index (χ1) is 9.29. The summed E-state index contributed by atoms with van der Waals surface area (Å²) in [4.78, 5) is 12.4. The van der Waals surface area contributed by atoms with E-state index in [1.807, 2.05) is 19.1 Å². The summed E-state index contributed by atoms with van der Waals surface area (Å²) in [6.45, 7) is 2.00. The van der Waals surface area contributed by atoms with Crippen molar-refractivity contribution >= 4 is 5.78 Å². The van der Waals surface area contributed by atoms with E-state index in [1.165, 1.54) is 24.8 Å². The van der Waals surface area contributed by atoms with Crippen LogP contribution in [0.5, 0.6) is 0 Å². The maximum absolute atomic E-state index is 12.4. The minimum Gasteiger partial charge on any atom is -0.469 e. The number of hydrogen-bond donors (Lipinski definition) is 0. The van der Waals surface area contributed by atoms with Gasteiger partial charge < -0.3 is 4.42 Å². The van der Waals surface area contributed by atoms with Gasteiger partial charge in [-0.15, -0.1) is 0 Å². The van der Waals surface area contributed by atoms with E-state index in [-0.39, 0.29) is 5.78 Å². The Morgan fingerprint density at radius 1 is 1.21 bits per heavy atom. The van der Waals surface area contributed by atoms with Crippen LogP contribution in [0, 0.1) is 0 Å². The van der Waals surface area contributed by atoms with Crippen molar-refractivity contribution in [3.05, 3.63) is 59.0 Å². The van der Waals surface area contributed by atoms with Crippen molar-refractivity contribution in [1.82, 2.24) is 0 Å². The number of benzene rings is 1. The number of furan rings is 1. The normalized spacial score (nSPS) is 15.2. The van der Waals surface area contributed by atoms with Crippen LogP contribution < -0.4 is 0 Å². The lowest BCUT2D eigenvalue weighted by molar-refractivity contribution is 0.103. The summed E-state index contributed by atoms with van der Waals surface area (Å²) >= 11 is 0. The molecule has 98 valence electrons. The van der Waals surface area contributed by atoms with E-state index >= 15 is 0 Å². The molecule has 0 atom stereocenters. The Morgan fingerprint density at radius 3 is 2.53 bits per heavy atom. The first-order valence-corrected chi connectivity index (χ1v) is 7.00. The molecule has 0 saturated heterocycles. The van der Waals surface area contributed by atoms with Gasteiger partial charge in [0.05, 0.1) is 11.8 Å². The van der Waals surface area contributed by atoms with E-state index in [4.69, 9.17) is 4.42 Å². The van der Waals surface area contributed by atoms with Crippen molar-refractivity contribution in [1.29, 1.82) is 0 Å². The fourth-order valence-electron chi connectivity index (χ4n) is 2.62. The van der Waals surface area contributed by atoms with Crippen LogP contribution in [0.1, 0.15) is 59.3 Å². The SMILES string of the molecule is CCc1occc1C(=O)c1ccc(C2CCC2)cc1. The minimum absolute atomic E-state index is 0.0609. The van der Waals surface area contributed by atoms with Gasteiger partial charge in [-0.2, -0.15) is 0 Å².